The summed E-state index contributed by atoms with van der Waals surface area (Å²) in [6.45, 7) is 0.576. The Hall–Kier alpha value is -4.23. The Balaban J connectivity index is 1.41. The first-order valence-electron chi connectivity index (χ1n) is 11.0. The SMILES string of the molecule is NC(=O)[C@@H](O)C(Cc1ccccc1)NC(=O)c1ccc(CNc2ccnc3ccccc23)cc1. The molecule has 0 saturated heterocycles. The molecular weight excluding hydrogens is 428 g/mol. The number of nitrogens with zero attached hydrogens (tertiary/aromatic N) is 1. The van der Waals surface area contributed by atoms with E-state index in [1.165, 1.54) is 0 Å². The Labute approximate surface area is 197 Å². The molecule has 0 fully saturated rings. The topological polar surface area (TPSA) is 117 Å². The first kappa shape index (κ1) is 22.9. The van der Waals surface area contributed by atoms with Gasteiger partial charge in [-0.3, -0.25) is 14.6 Å². The number of para-hydroxylation sites is 1. The molecule has 0 radical (unpaired) electrons. The standard InChI is InChI=1S/C27H26N4O3/c28-26(33)25(32)24(16-18-6-2-1-3-7-18)31-27(34)20-12-10-19(11-13-20)17-30-23-14-15-29-22-9-5-4-8-21(22)23/h1-15,24-25,32H,16-17H2,(H2,28,33)(H,29,30)(H,31,34)/t24?,25-/m0/s1. The van der Waals surface area contributed by atoms with Crippen LogP contribution in [0, 0.1) is 0 Å². The van der Waals surface area contributed by atoms with Crippen molar-refractivity contribution in [3.8, 4) is 0 Å². The Morgan fingerprint density at radius 3 is 2.32 bits per heavy atom. The zero-order valence-corrected chi connectivity index (χ0v) is 18.5. The molecule has 0 aliphatic heterocycles. The molecule has 7 heteroatoms. The quantitative estimate of drug-likeness (QED) is 0.310. The number of hydrogen-bond donors (Lipinski definition) is 4. The lowest BCUT2D eigenvalue weighted by Crippen LogP contribution is -2.50. The van der Waals surface area contributed by atoms with Crippen LogP contribution >= 0.6 is 0 Å². The number of nitrogens with two attached hydrogens (primary N) is 1. The predicted molar refractivity (Wildman–Crippen MR) is 132 cm³/mol. The van der Waals surface area contributed by atoms with Crippen molar-refractivity contribution in [2.24, 2.45) is 5.73 Å². The predicted octanol–water partition coefficient (Wildman–Crippen LogP) is 3.03. The molecule has 172 valence electrons. The van der Waals surface area contributed by atoms with Crippen LogP contribution in [0.1, 0.15) is 21.5 Å². The number of fused-ring (bicyclic) bond motifs is 1. The Morgan fingerprint density at radius 1 is 0.882 bits per heavy atom. The molecule has 0 spiro atoms. The van der Waals surface area contributed by atoms with E-state index in [1.807, 2.05) is 72.8 Å². The fraction of sp³-hybridized carbons (Fsp3) is 0.148. The summed E-state index contributed by atoms with van der Waals surface area (Å²) in [5.41, 5.74) is 9.48. The number of aliphatic hydroxyl groups is 1. The van der Waals surface area contributed by atoms with Crippen molar-refractivity contribution in [2.45, 2.75) is 25.1 Å². The van der Waals surface area contributed by atoms with Crippen LogP contribution < -0.4 is 16.4 Å². The molecule has 0 saturated carbocycles. The van der Waals surface area contributed by atoms with Crippen LogP contribution in [-0.2, 0) is 17.8 Å². The number of anilines is 1. The highest BCUT2D eigenvalue weighted by molar-refractivity contribution is 5.95. The first-order chi connectivity index (χ1) is 16.5. The highest BCUT2D eigenvalue weighted by atomic mass is 16.3. The molecule has 3 aromatic carbocycles. The molecule has 7 nitrogen and oxygen atoms in total. The molecule has 1 aromatic heterocycles. The van der Waals surface area contributed by atoms with Crippen molar-refractivity contribution < 1.29 is 14.7 Å². The number of primary amides is 1. The van der Waals surface area contributed by atoms with Gasteiger partial charge in [-0.15, -0.1) is 0 Å². The van der Waals surface area contributed by atoms with Gasteiger partial charge in [-0.25, -0.2) is 0 Å². The van der Waals surface area contributed by atoms with E-state index in [4.69, 9.17) is 5.73 Å². The minimum Gasteiger partial charge on any atom is -0.381 e. The Bertz CT molecular complexity index is 1270. The first-order valence-corrected chi connectivity index (χ1v) is 11.0. The summed E-state index contributed by atoms with van der Waals surface area (Å²) in [4.78, 5) is 28.8. The summed E-state index contributed by atoms with van der Waals surface area (Å²) in [7, 11) is 0. The van der Waals surface area contributed by atoms with Crippen LogP contribution in [0.4, 0.5) is 5.69 Å². The van der Waals surface area contributed by atoms with E-state index in [1.54, 1.807) is 18.3 Å². The molecule has 2 amide bonds. The largest absolute Gasteiger partial charge is 0.381 e. The Morgan fingerprint density at radius 2 is 1.59 bits per heavy atom. The average molecular weight is 455 g/mol. The van der Waals surface area contributed by atoms with Gasteiger partial charge in [0.2, 0.25) is 5.91 Å². The van der Waals surface area contributed by atoms with Gasteiger partial charge >= 0.3 is 0 Å². The highest BCUT2D eigenvalue weighted by Gasteiger charge is 2.26. The molecule has 1 heterocycles. The molecule has 4 rings (SSSR count). The van der Waals surface area contributed by atoms with Crippen LogP contribution in [0.15, 0.2) is 91.1 Å². The summed E-state index contributed by atoms with van der Waals surface area (Å²) >= 11 is 0. The maximum Gasteiger partial charge on any atom is 0.251 e. The van der Waals surface area contributed by atoms with Gasteiger partial charge in [-0.05, 0) is 41.8 Å². The van der Waals surface area contributed by atoms with E-state index in [9.17, 15) is 14.7 Å². The van der Waals surface area contributed by atoms with E-state index in [0.29, 0.717) is 12.1 Å². The number of hydrogen-bond acceptors (Lipinski definition) is 5. The van der Waals surface area contributed by atoms with E-state index < -0.39 is 18.1 Å². The summed E-state index contributed by atoms with van der Waals surface area (Å²) < 4.78 is 0. The van der Waals surface area contributed by atoms with Gasteiger partial charge in [0.25, 0.3) is 5.91 Å². The van der Waals surface area contributed by atoms with Gasteiger partial charge in [-0.1, -0.05) is 60.7 Å². The Kier molecular flexibility index (Phi) is 7.15. The minimum absolute atomic E-state index is 0.276. The van der Waals surface area contributed by atoms with Crippen LogP contribution in [0.5, 0.6) is 0 Å². The zero-order valence-electron chi connectivity index (χ0n) is 18.5. The molecule has 4 aromatic rings. The number of aromatic nitrogens is 1. The van der Waals surface area contributed by atoms with Gasteiger partial charge in [0, 0.05) is 29.4 Å². The average Bonchev–Trinajstić information content (AvgIpc) is 2.87. The molecule has 2 atom stereocenters. The maximum atomic E-state index is 12.8. The highest BCUT2D eigenvalue weighted by Crippen LogP contribution is 2.21. The molecule has 0 aliphatic rings. The van der Waals surface area contributed by atoms with Crippen molar-refractivity contribution in [1.29, 1.82) is 0 Å². The van der Waals surface area contributed by atoms with Gasteiger partial charge in [-0.2, -0.15) is 0 Å². The number of carbonyl (C=O) groups is 2. The smallest absolute Gasteiger partial charge is 0.251 e. The molecule has 34 heavy (non-hydrogen) atoms. The fourth-order valence-electron chi connectivity index (χ4n) is 3.78. The van der Waals surface area contributed by atoms with Crippen LogP contribution in [0.2, 0.25) is 0 Å². The van der Waals surface area contributed by atoms with Crippen molar-refractivity contribution in [3.05, 3.63) is 108 Å². The summed E-state index contributed by atoms with van der Waals surface area (Å²) in [6.07, 6.45) is 0.547. The molecule has 0 bridgehead atoms. The summed E-state index contributed by atoms with van der Waals surface area (Å²) in [5.74, 6) is -1.27. The second kappa shape index (κ2) is 10.6. The second-order valence-corrected chi connectivity index (χ2v) is 8.04. The van der Waals surface area contributed by atoms with Gasteiger partial charge in [0.05, 0.1) is 11.6 Å². The van der Waals surface area contributed by atoms with Gasteiger partial charge in [0.1, 0.15) is 0 Å². The summed E-state index contributed by atoms with van der Waals surface area (Å²) in [6, 6.07) is 25.5. The number of benzene rings is 3. The molecular formula is C27H26N4O3. The maximum absolute atomic E-state index is 12.8. The number of nitrogens with one attached hydrogen (secondary N) is 2. The molecule has 5 N–H and O–H groups in total. The third-order valence-electron chi connectivity index (χ3n) is 5.64. The fourth-order valence-corrected chi connectivity index (χ4v) is 3.78. The van der Waals surface area contributed by atoms with Crippen molar-refractivity contribution in [2.75, 3.05) is 5.32 Å². The van der Waals surface area contributed by atoms with E-state index in [0.717, 1.165) is 27.7 Å². The van der Waals surface area contributed by atoms with E-state index in [2.05, 4.69) is 15.6 Å². The molecule has 1 unspecified atom stereocenters. The third-order valence-corrected chi connectivity index (χ3v) is 5.64. The lowest BCUT2D eigenvalue weighted by Gasteiger charge is -2.22. The van der Waals surface area contributed by atoms with Crippen LogP contribution in [0.3, 0.4) is 0 Å². The lowest BCUT2D eigenvalue weighted by molar-refractivity contribution is -0.127. The number of rotatable bonds is 9. The molecule has 0 aliphatic carbocycles. The minimum atomic E-state index is -1.50. The number of amides is 2. The van der Waals surface area contributed by atoms with E-state index in [-0.39, 0.29) is 12.3 Å². The van der Waals surface area contributed by atoms with Crippen molar-refractivity contribution in [3.63, 3.8) is 0 Å². The van der Waals surface area contributed by atoms with Gasteiger partial charge < -0.3 is 21.5 Å². The normalized spacial score (nSPS) is 12.6. The third kappa shape index (κ3) is 5.57. The van der Waals surface area contributed by atoms with Crippen LogP contribution in [0.25, 0.3) is 10.9 Å². The lowest BCUT2D eigenvalue weighted by atomic mass is 10.00. The number of aliphatic hydroxyl groups excluding tert-OH is 1. The van der Waals surface area contributed by atoms with Crippen molar-refractivity contribution in [1.82, 2.24) is 10.3 Å². The van der Waals surface area contributed by atoms with Crippen LogP contribution in [-0.4, -0.2) is 34.1 Å². The number of pyridine rings is 1. The second-order valence-electron chi connectivity index (χ2n) is 8.04. The van der Waals surface area contributed by atoms with Gasteiger partial charge in [0.15, 0.2) is 6.10 Å². The number of carbonyl (C=O) groups excluding carboxylic acids is 2. The monoisotopic (exact) mass is 454 g/mol. The van der Waals surface area contributed by atoms with Crippen molar-refractivity contribution >= 4 is 28.4 Å². The summed E-state index contributed by atoms with van der Waals surface area (Å²) in [5, 5.41) is 17.4. The van der Waals surface area contributed by atoms with E-state index >= 15 is 0 Å². The zero-order chi connectivity index (χ0) is 23.9.